The maximum Gasteiger partial charge on any atom is 0.223 e. The van der Waals surface area contributed by atoms with Gasteiger partial charge in [-0.1, -0.05) is 18.6 Å². The van der Waals surface area contributed by atoms with Crippen LogP contribution in [0.25, 0.3) is 0 Å². The van der Waals surface area contributed by atoms with Crippen LogP contribution in [0.2, 0.25) is 0 Å². The molecule has 0 saturated heterocycles. The van der Waals surface area contributed by atoms with E-state index < -0.39 is 0 Å². The average molecular weight is 261 g/mol. The van der Waals surface area contributed by atoms with Crippen LogP contribution in [0, 0.1) is 5.92 Å². The fraction of sp³-hybridized carbons (Fsp3) is 0.562. The molecular weight excluding hydrogens is 238 g/mol. The quantitative estimate of drug-likeness (QED) is 0.885. The van der Waals surface area contributed by atoms with Gasteiger partial charge < -0.3 is 10.1 Å². The van der Waals surface area contributed by atoms with E-state index in [0.717, 1.165) is 25.0 Å². The molecule has 2 rings (SSSR count). The molecule has 104 valence electrons. The SMILES string of the molecule is COc1ccc(CC(C)(C)NC(=O)C2CCC2)cc1. The molecule has 0 aromatic heterocycles. The maximum absolute atomic E-state index is 12.0. The minimum Gasteiger partial charge on any atom is -0.497 e. The molecular formula is C16H23NO2. The van der Waals surface area contributed by atoms with E-state index in [1.165, 1.54) is 12.0 Å². The third kappa shape index (κ3) is 3.72. The smallest absolute Gasteiger partial charge is 0.223 e. The molecule has 0 aliphatic heterocycles. The Morgan fingerprint density at radius 2 is 1.95 bits per heavy atom. The average Bonchev–Trinajstić information content (AvgIpc) is 2.26. The van der Waals surface area contributed by atoms with Crippen molar-refractivity contribution in [2.24, 2.45) is 5.92 Å². The van der Waals surface area contributed by atoms with Crippen molar-refractivity contribution in [1.82, 2.24) is 5.32 Å². The first-order valence-corrected chi connectivity index (χ1v) is 6.95. The second-order valence-electron chi connectivity index (χ2n) is 6.03. The van der Waals surface area contributed by atoms with E-state index in [1.807, 2.05) is 12.1 Å². The van der Waals surface area contributed by atoms with Gasteiger partial charge in [0.15, 0.2) is 0 Å². The summed E-state index contributed by atoms with van der Waals surface area (Å²) in [4.78, 5) is 12.0. The Balaban J connectivity index is 1.92. The van der Waals surface area contributed by atoms with Gasteiger partial charge in [0.1, 0.15) is 5.75 Å². The molecule has 0 bridgehead atoms. The minimum absolute atomic E-state index is 0.207. The van der Waals surface area contributed by atoms with Gasteiger partial charge in [-0.2, -0.15) is 0 Å². The van der Waals surface area contributed by atoms with Gasteiger partial charge in [-0.15, -0.1) is 0 Å². The van der Waals surface area contributed by atoms with Crippen molar-refractivity contribution in [2.45, 2.75) is 45.1 Å². The number of hydrogen-bond acceptors (Lipinski definition) is 2. The van der Waals surface area contributed by atoms with Gasteiger partial charge in [0, 0.05) is 11.5 Å². The lowest BCUT2D eigenvalue weighted by Crippen LogP contribution is -2.48. The summed E-state index contributed by atoms with van der Waals surface area (Å²) in [5, 5.41) is 3.17. The summed E-state index contributed by atoms with van der Waals surface area (Å²) in [6.45, 7) is 4.15. The van der Waals surface area contributed by atoms with Gasteiger partial charge in [0.25, 0.3) is 0 Å². The van der Waals surface area contributed by atoms with E-state index in [2.05, 4.69) is 31.3 Å². The number of hydrogen-bond donors (Lipinski definition) is 1. The van der Waals surface area contributed by atoms with Crippen molar-refractivity contribution in [3.05, 3.63) is 29.8 Å². The van der Waals surface area contributed by atoms with Crippen LogP contribution in [0.4, 0.5) is 0 Å². The fourth-order valence-corrected chi connectivity index (χ4v) is 2.40. The number of benzene rings is 1. The topological polar surface area (TPSA) is 38.3 Å². The second kappa shape index (κ2) is 5.64. The number of nitrogens with one attached hydrogen (secondary N) is 1. The van der Waals surface area contributed by atoms with Crippen LogP contribution >= 0.6 is 0 Å². The predicted molar refractivity (Wildman–Crippen MR) is 76.3 cm³/mol. The van der Waals surface area contributed by atoms with E-state index >= 15 is 0 Å². The highest BCUT2D eigenvalue weighted by Gasteiger charge is 2.29. The van der Waals surface area contributed by atoms with Crippen molar-refractivity contribution >= 4 is 5.91 Å². The van der Waals surface area contributed by atoms with Gasteiger partial charge in [0.2, 0.25) is 5.91 Å². The number of carbonyl (C=O) groups is 1. The van der Waals surface area contributed by atoms with Crippen LogP contribution in [-0.4, -0.2) is 18.6 Å². The lowest BCUT2D eigenvalue weighted by Gasteiger charge is -2.32. The number of methoxy groups -OCH3 is 1. The summed E-state index contributed by atoms with van der Waals surface area (Å²) in [5.41, 5.74) is 1.00. The summed E-state index contributed by atoms with van der Waals surface area (Å²) in [6.07, 6.45) is 4.11. The molecule has 19 heavy (non-hydrogen) atoms. The lowest BCUT2D eigenvalue weighted by molar-refractivity contribution is -0.129. The van der Waals surface area contributed by atoms with Gasteiger partial charge in [-0.3, -0.25) is 4.79 Å². The lowest BCUT2D eigenvalue weighted by atomic mass is 9.83. The fourth-order valence-electron chi connectivity index (χ4n) is 2.40. The third-order valence-corrected chi connectivity index (χ3v) is 3.74. The van der Waals surface area contributed by atoms with E-state index in [4.69, 9.17) is 4.74 Å². The zero-order valence-corrected chi connectivity index (χ0v) is 12.0. The zero-order chi connectivity index (χ0) is 13.9. The van der Waals surface area contributed by atoms with Gasteiger partial charge in [-0.05, 0) is 50.8 Å². The highest BCUT2D eigenvalue weighted by atomic mass is 16.5. The largest absolute Gasteiger partial charge is 0.497 e. The molecule has 1 aromatic carbocycles. The van der Waals surface area contributed by atoms with Gasteiger partial charge >= 0.3 is 0 Å². The summed E-state index contributed by atoms with van der Waals surface area (Å²) in [5.74, 6) is 1.32. The highest BCUT2D eigenvalue weighted by molar-refractivity contribution is 5.80. The molecule has 1 amide bonds. The van der Waals surface area contributed by atoms with E-state index in [1.54, 1.807) is 7.11 Å². The highest BCUT2D eigenvalue weighted by Crippen LogP contribution is 2.27. The Hall–Kier alpha value is -1.51. The molecule has 0 radical (unpaired) electrons. The summed E-state index contributed by atoms with van der Waals surface area (Å²) in [6, 6.07) is 8.02. The van der Waals surface area contributed by atoms with Gasteiger partial charge in [0.05, 0.1) is 7.11 Å². The minimum atomic E-state index is -0.207. The number of amides is 1. The van der Waals surface area contributed by atoms with Crippen molar-refractivity contribution in [2.75, 3.05) is 7.11 Å². The predicted octanol–water partition coefficient (Wildman–Crippen LogP) is 2.93. The number of carbonyl (C=O) groups excluding carboxylic acids is 1. The molecule has 3 nitrogen and oxygen atoms in total. The molecule has 0 spiro atoms. The molecule has 0 heterocycles. The Bertz CT molecular complexity index is 433. The first-order chi connectivity index (χ1) is 9.00. The van der Waals surface area contributed by atoms with Crippen LogP contribution in [0.5, 0.6) is 5.75 Å². The van der Waals surface area contributed by atoms with E-state index in [0.29, 0.717) is 0 Å². The Morgan fingerprint density at radius 3 is 2.42 bits per heavy atom. The molecule has 1 aliphatic rings. The molecule has 1 aliphatic carbocycles. The van der Waals surface area contributed by atoms with Crippen molar-refractivity contribution in [3.8, 4) is 5.75 Å². The van der Waals surface area contributed by atoms with Crippen LogP contribution < -0.4 is 10.1 Å². The number of ether oxygens (including phenoxy) is 1. The number of rotatable bonds is 5. The Labute approximate surface area is 115 Å². The van der Waals surface area contributed by atoms with Crippen molar-refractivity contribution < 1.29 is 9.53 Å². The van der Waals surface area contributed by atoms with E-state index in [9.17, 15) is 4.79 Å². The molecule has 0 unspecified atom stereocenters. The zero-order valence-electron chi connectivity index (χ0n) is 12.0. The monoisotopic (exact) mass is 261 g/mol. The molecule has 1 saturated carbocycles. The normalized spacial score (nSPS) is 15.7. The van der Waals surface area contributed by atoms with Crippen LogP contribution in [0.15, 0.2) is 24.3 Å². The molecule has 1 fully saturated rings. The van der Waals surface area contributed by atoms with Crippen molar-refractivity contribution in [1.29, 1.82) is 0 Å². The van der Waals surface area contributed by atoms with Crippen LogP contribution in [0.1, 0.15) is 38.7 Å². The van der Waals surface area contributed by atoms with E-state index in [-0.39, 0.29) is 17.4 Å². The molecule has 1 aromatic rings. The maximum atomic E-state index is 12.0. The van der Waals surface area contributed by atoms with Crippen LogP contribution in [0.3, 0.4) is 0 Å². The standard InChI is InChI=1S/C16H23NO2/c1-16(2,17-15(18)13-5-4-6-13)11-12-7-9-14(19-3)10-8-12/h7-10,13H,4-6,11H2,1-3H3,(H,17,18). The summed E-state index contributed by atoms with van der Waals surface area (Å²) < 4.78 is 5.15. The summed E-state index contributed by atoms with van der Waals surface area (Å²) >= 11 is 0. The second-order valence-corrected chi connectivity index (χ2v) is 6.03. The van der Waals surface area contributed by atoms with Crippen molar-refractivity contribution in [3.63, 3.8) is 0 Å². The Kier molecular flexibility index (Phi) is 4.13. The molecule has 3 heteroatoms. The molecule has 1 N–H and O–H groups in total. The third-order valence-electron chi connectivity index (χ3n) is 3.74. The molecule has 0 atom stereocenters. The first-order valence-electron chi connectivity index (χ1n) is 6.95. The summed E-state index contributed by atoms with van der Waals surface area (Å²) in [7, 11) is 1.66. The Morgan fingerprint density at radius 1 is 1.32 bits per heavy atom. The first kappa shape index (κ1) is 13.9. The van der Waals surface area contributed by atoms with Crippen LogP contribution in [-0.2, 0) is 11.2 Å². The van der Waals surface area contributed by atoms with Gasteiger partial charge in [-0.25, -0.2) is 0 Å².